The van der Waals surface area contributed by atoms with Crippen LogP contribution in [0.2, 0.25) is 0 Å². The predicted molar refractivity (Wildman–Crippen MR) is 73.9 cm³/mol. The number of ether oxygens (including phenoxy) is 1. The number of hydrogen-bond acceptors (Lipinski definition) is 3. The molecule has 5 nitrogen and oxygen atoms in total. The van der Waals surface area contributed by atoms with Gasteiger partial charge in [0.1, 0.15) is 5.60 Å². The maximum Gasteiger partial charge on any atom is 0.408 e. The van der Waals surface area contributed by atoms with Gasteiger partial charge < -0.3 is 15.4 Å². The van der Waals surface area contributed by atoms with Crippen LogP contribution in [0.25, 0.3) is 0 Å². The van der Waals surface area contributed by atoms with Crippen molar-refractivity contribution < 1.29 is 14.3 Å². The second-order valence-corrected chi connectivity index (χ2v) is 6.38. The molecule has 0 aromatic rings. The first kappa shape index (κ1) is 15.8. The molecule has 1 aliphatic rings. The molecule has 0 aromatic carbocycles. The molecule has 0 unspecified atom stereocenters. The van der Waals surface area contributed by atoms with Gasteiger partial charge in [-0.2, -0.15) is 0 Å². The van der Waals surface area contributed by atoms with Crippen LogP contribution in [0.1, 0.15) is 59.8 Å². The van der Waals surface area contributed by atoms with Crippen molar-refractivity contribution in [2.45, 2.75) is 70.9 Å². The number of carbonyl (C=O) groups excluding carboxylic acids is 2. The highest BCUT2D eigenvalue weighted by Gasteiger charge is 2.35. The van der Waals surface area contributed by atoms with Crippen molar-refractivity contribution in [1.29, 1.82) is 0 Å². The molecule has 1 fully saturated rings. The third kappa shape index (κ3) is 5.94. The lowest BCUT2D eigenvalue weighted by molar-refractivity contribution is -0.119. The summed E-state index contributed by atoms with van der Waals surface area (Å²) in [5.41, 5.74) is -0.861. The molecule has 1 saturated carbocycles. The third-order valence-corrected chi connectivity index (χ3v) is 3.25. The zero-order valence-corrected chi connectivity index (χ0v) is 12.5. The Hall–Kier alpha value is -1.26. The molecule has 2 amide bonds. The van der Waals surface area contributed by atoms with Crippen LogP contribution in [0.3, 0.4) is 0 Å². The Morgan fingerprint density at radius 1 is 1.16 bits per heavy atom. The van der Waals surface area contributed by atoms with E-state index in [1.54, 1.807) is 0 Å². The van der Waals surface area contributed by atoms with E-state index in [1.807, 2.05) is 20.8 Å². The van der Waals surface area contributed by atoms with Gasteiger partial charge in [0.2, 0.25) is 5.91 Å². The second-order valence-electron chi connectivity index (χ2n) is 6.38. The highest BCUT2D eigenvalue weighted by atomic mass is 16.6. The molecule has 0 saturated heterocycles. The van der Waals surface area contributed by atoms with Crippen molar-refractivity contribution in [2.24, 2.45) is 0 Å². The number of carbonyl (C=O) groups is 2. The number of hydrogen-bond donors (Lipinski definition) is 2. The lowest BCUT2D eigenvalue weighted by Gasteiger charge is -2.38. The number of rotatable bonds is 3. The average Bonchev–Trinajstić information content (AvgIpc) is 2.25. The van der Waals surface area contributed by atoms with Crippen LogP contribution < -0.4 is 10.6 Å². The Kier molecular flexibility index (Phi) is 5.20. The first-order valence-corrected chi connectivity index (χ1v) is 6.98. The van der Waals surface area contributed by atoms with E-state index in [2.05, 4.69) is 10.6 Å². The molecule has 1 aliphatic carbocycles. The summed E-state index contributed by atoms with van der Waals surface area (Å²) in [6, 6.07) is 0. The summed E-state index contributed by atoms with van der Waals surface area (Å²) in [5, 5.41) is 5.78. The summed E-state index contributed by atoms with van der Waals surface area (Å²) in [6.45, 7) is 7.49. The maximum atomic E-state index is 11.9. The van der Waals surface area contributed by atoms with Gasteiger partial charge in [-0.05, 0) is 33.6 Å². The number of nitrogens with one attached hydrogen (secondary N) is 2. The fourth-order valence-corrected chi connectivity index (χ4v) is 2.39. The highest BCUT2D eigenvalue weighted by Crippen LogP contribution is 2.28. The van der Waals surface area contributed by atoms with Gasteiger partial charge in [0, 0.05) is 13.5 Å². The Morgan fingerprint density at radius 3 is 2.21 bits per heavy atom. The molecule has 5 heteroatoms. The summed E-state index contributed by atoms with van der Waals surface area (Å²) < 4.78 is 5.31. The number of amides is 2. The molecule has 0 aliphatic heterocycles. The minimum atomic E-state index is -0.506. The summed E-state index contributed by atoms with van der Waals surface area (Å²) in [4.78, 5) is 23.0. The van der Waals surface area contributed by atoms with Crippen LogP contribution in [0, 0.1) is 0 Å². The van der Waals surface area contributed by atoms with Crippen molar-refractivity contribution in [1.82, 2.24) is 10.6 Å². The summed E-state index contributed by atoms with van der Waals surface area (Å²) in [7, 11) is 0. The predicted octanol–water partition coefficient (Wildman–Crippen LogP) is 2.35. The molecule has 0 heterocycles. The lowest BCUT2D eigenvalue weighted by atomic mass is 9.81. The fourth-order valence-electron chi connectivity index (χ4n) is 2.39. The maximum absolute atomic E-state index is 11.9. The van der Waals surface area contributed by atoms with Crippen LogP contribution in [0.4, 0.5) is 4.79 Å². The van der Waals surface area contributed by atoms with Gasteiger partial charge >= 0.3 is 6.09 Å². The van der Waals surface area contributed by atoms with Gasteiger partial charge in [0.05, 0.1) is 5.54 Å². The zero-order valence-electron chi connectivity index (χ0n) is 12.5. The summed E-state index contributed by atoms with van der Waals surface area (Å²) >= 11 is 0. The van der Waals surface area contributed by atoms with Crippen LogP contribution in [-0.4, -0.2) is 29.7 Å². The Labute approximate surface area is 115 Å². The lowest BCUT2D eigenvalue weighted by Crippen LogP contribution is -2.57. The van der Waals surface area contributed by atoms with E-state index in [-0.39, 0.29) is 11.4 Å². The Balaban J connectivity index is 2.63. The van der Waals surface area contributed by atoms with Crippen LogP contribution in [0.15, 0.2) is 0 Å². The van der Waals surface area contributed by atoms with E-state index in [1.165, 1.54) is 13.3 Å². The third-order valence-electron chi connectivity index (χ3n) is 3.25. The van der Waals surface area contributed by atoms with Crippen LogP contribution >= 0.6 is 0 Å². The molecule has 0 bridgehead atoms. The Bertz CT molecular complexity index is 328. The quantitative estimate of drug-likeness (QED) is 0.827. The molecule has 0 aromatic heterocycles. The second kappa shape index (κ2) is 6.26. The number of alkyl carbamates (subject to hydrolysis) is 1. The topological polar surface area (TPSA) is 67.4 Å². The summed E-state index contributed by atoms with van der Waals surface area (Å²) in [6.07, 6.45) is 4.67. The highest BCUT2D eigenvalue weighted by molar-refractivity contribution is 5.73. The Morgan fingerprint density at radius 2 is 1.74 bits per heavy atom. The van der Waals surface area contributed by atoms with Crippen LogP contribution in [-0.2, 0) is 9.53 Å². The minimum Gasteiger partial charge on any atom is -0.444 e. The molecule has 19 heavy (non-hydrogen) atoms. The molecular formula is C14H26N2O3. The smallest absolute Gasteiger partial charge is 0.408 e. The molecule has 1 rings (SSSR count). The summed E-state index contributed by atoms with van der Waals surface area (Å²) in [5.74, 6) is -0.0732. The van der Waals surface area contributed by atoms with Crippen molar-refractivity contribution >= 4 is 12.0 Å². The molecule has 110 valence electrons. The van der Waals surface area contributed by atoms with E-state index in [0.717, 1.165) is 25.7 Å². The zero-order chi connectivity index (χ0) is 14.5. The molecule has 2 N–H and O–H groups in total. The largest absolute Gasteiger partial charge is 0.444 e. The van der Waals surface area contributed by atoms with Crippen molar-refractivity contribution in [3.63, 3.8) is 0 Å². The van der Waals surface area contributed by atoms with Gasteiger partial charge in [-0.15, -0.1) is 0 Å². The minimum absolute atomic E-state index is 0.0732. The fraction of sp³-hybridized carbons (Fsp3) is 0.857. The monoisotopic (exact) mass is 270 g/mol. The van der Waals surface area contributed by atoms with E-state index in [0.29, 0.717) is 6.54 Å². The normalized spacial score (nSPS) is 18.5. The first-order valence-electron chi connectivity index (χ1n) is 6.98. The molecular weight excluding hydrogens is 244 g/mol. The van der Waals surface area contributed by atoms with E-state index in [4.69, 9.17) is 4.74 Å². The molecule has 0 spiro atoms. The van der Waals surface area contributed by atoms with E-state index >= 15 is 0 Å². The van der Waals surface area contributed by atoms with E-state index in [9.17, 15) is 9.59 Å². The van der Waals surface area contributed by atoms with Crippen LogP contribution in [0.5, 0.6) is 0 Å². The van der Waals surface area contributed by atoms with Gasteiger partial charge in [-0.3, -0.25) is 4.79 Å². The van der Waals surface area contributed by atoms with Gasteiger partial charge in [0.15, 0.2) is 0 Å². The SMILES string of the molecule is CC(=O)NCC1(NC(=O)OC(C)(C)C)CCCCC1. The standard InChI is InChI=1S/C14H26N2O3/c1-11(17)15-10-14(8-6-5-7-9-14)16-12(18)19-13(2,3)4/h5-10H2,1-4H3,(H,15,17)(H,16,18). The van der Waals surface area contributed by atoms with Gasteiger partial charge in [0.25, 0.3) is 0 Å². The van der Waals surface area contributed by atoms with Crippen molar-refractivity contribution in [3.8, 4) is 0 Å². The van der Waals surface area contributed by atoms with Crippen molar-refractivity contribution in [3.05, 3.63) is 0 Å². The molecule has 0 radical (unpaired) electrons. The average molecular weight is 270 g/mol. The first-order chi connectivity index (χ1) is 8.72. The van der Waals surface area contributed by atoms with Gasteiger partial charge in [-0.1, -0.05) is 19.3 Å². The molecule has 0 atom stereocenters. The van der Waals surface area contributed by atoms with Crippen molar-refractivity contribution in [2.75, 3.05) is 6.54 Å². The van der Waals surface area contributed by atoms with E-state index < -0.39 is 11.7 Å². The van der Waals surface area contributed by atoms with Gasteiger partial charge in [-0.25, -0.2) is 4.79 Å².